The van der Waals surface area contributed by atoms with Crippen molar-refractivity contribution in [3.05, 3.63) is 73.2 Å². The van der Waals surface area contributed by atoms with Crippen molar-refractivity contribution in [1.29, 1.82) is 0 Å². The van der Waals surface area contributed by atoms with Crippen LogP contribution in [0.5, 0.6) is 0 Å². The number of piperazine rings is 1. The molecule has 4 aromatic rings. The molecule has 2 amide bonds. The molecule has 1 saturated carbocycles. The van der Waals surface area contributed by atoms with E-state index in [1.54, 1.807) is 0 Å². The van der Waals surface area contributed by atoms with Crippen molar-refractivity contribution < 1.29 is 4.79 Å². The first-order valence-corrected chi connectivity index (χ1v) is 12.1. The fourth-order valence-corrected chi connectivity index (χ4v) is 4.41. The van der Waals surface area contributed by atoms with Gasteiger partial charge in [-0.2, -0.15) is 0 Å². The van der Waals surface area contributed by atoms with Gasteiger partial charge in [-0.15, -0.1) is 0 Å². The molecule has 0 bridgehead atoms. The van der Waals surface area contributed by atoms with Crippen molar-refractivity contribution in [2.24, 2.45) is 0 Å². The highest BCUT2D eigenvalue weighted by Crippen LogP contribution is 2.26. The molecule has 1 aliphatic heterocycles. The number of pyridine rings is 1. The van der Waals surface area contributed by atoms with E-state index in [1.165, 1.54) is 5.69 Å². The van der Waals surface area contributed by atoms with E-state index < -0.39 is 0 Å². The lowest BCUT2D eigenvalue weighted by Crippen LogP contribution is -2.46. The topological polar surface area (TPSA) is 86.3 Å². The molecule has 35 heavy (non-hydrogen) atoms. The van der Waals surface area contributed by atoms with Gasteiger partial charge in [0.15, 0.2) is 0 Å². The molecular weight excluding hydrogens is 438 g/mol. The number of carbonyl (C=O) groups excluding carboxylic acids is 1. The van der Waals surface area contributed by atoms with Gasteiger partial charge in [0.25, 0.3) is 0 Å². The van der Waals surface area contributed by atoms with E-state index in [0.29, 0.717) is 6.04 Å². The van der Waals surface area contributed by atoms with Gasteiger partial charge >= 0.3 is 6.03 Å². The molecule has 8 nitrogen and oxygen atoms in total. The van der Waals surface area contributed by atoms with E-state index in [9.17, 15) is 4.79 Å². The fourth-order valence-electron chi connectivity index (χ4n) is 4.41. The molecule has 0 unspecified atom stereocenters. The molecule has 1 saturated heterocycles. The smallest absolute Gasteiger partial charge is 0.319 e. The summed E-state index contributed by atoms with van der Waals surface area (Å²) in [4.78, 5) is 30.4. The number of hydrogen-bond donors (Lipinski definition) is 2. The minimum atomic E-state index is -0.143. The number of nitrogens with zero attached hydrogens (tertiary/aromatic N) is 5. The highest BCUT2D eigenvalue weighted by molar-refractivity contribution is 5.90. The van der Waals surface area contributed by atoms with Crippen molar-refractivity contribution in [2.45, 2.75) is 18.9 Å². The Balaban J connectivity index is 1.15. The number of hydrogen-bond acceptors (Lipinski definition) is 6. The fraction of sp³-hybridized carbons (Fsp3) is 0.259. The van der Waals surface area contributed by atoms with Crippen LogP contribution in [0.1, 0.15) is 12.8 Å². The van der Waals surface area contributed by atoms with Crippen LogP contribution in [-0.4, -0.2) is 53.2 Å². The largest absolute Gasteiger partial charge is 0.368 e. The molecule has 2 aliphatic rings. The average molecular weight is 466 g/mol. The number of anilines is 3. The van der Waals surface area contributed by atoms with Crippen LogP contribution in [0, 0.1) is 0 Å². The molecule has 1 aliphatic carbocycles. The minimum absolute atomic E-state index is 0.143. The number of rotatable bonds is 5. The van der Waals surface area contributed by atoms with E-state index in [2.05, 4.69) is 54.7 Å². The lowest BCUT2D eigenvalue weighted by Gasteiger charge is -2.36. The summed E-state index contributed by atoms with van der Waals surface area (Å²) in [5, 5.41) is 5.83. The number of nitrogens with one attached hydrogen (secondary N) is 2. The monoisotopic (exact) mass is 465 g/mol. The summed E-state index contributed by atoms with van der Waals surface area (Å²) in [5.41, 5.74) is 5.88. The molecule has 2 fully saturated rings. The molecule has 3 heterocycles. The maximum Gasteiger partial charge on any atom is 0.319 e. The van der Waals surface area contributed by atoms with Crippen molar-refractivity contribution in [3.63, 3.8) is 0 Å². The van der Waals surface area contributed by atoms with Gasteiger partial charge in [0, 0.05) is 56.0 Å². The maximum absolute atomic E-state index is 12.0. The second-order valence-electron chi connectivity index (χ2n) is 9.06. The number of carbonyl (C=O) groups is 1. The zero-order valence-corrected chi connectivity index (χ0v) is 19.4. The molecule has 2 N–H and O–H groups in total. The first kappa shape index (κ1) is 21.3. The molecule has 2 aromatic heterocycles. The summed E-state index contributed by atoms with van der Waals surface area (Å²) in [5.74, 6) is 0.908. The average Bonchev–Trinajstić information content (AvgIpc) is 3.73. The molecule has 176 valence electrons. The molecule has 0 radical (unpaired) electrons. The SMILES string of the molecule is O=C(Nc1ccc(-c2ccc3ncc(N4CCN(c5ccncc5)CC4)nc3c2)cc1)NC1CC1. The zero-order valence-electron chi connectivity index (χ0n) is 19.4. The Morgan fingerprint density at radius 3 is 2.29 bits per heavy atom. The van der Waals surface area contributed by atoms with Gasteiger partial charge < -0.3 is 20.4 Å². The van der Waals surface area contributed by atoms with Crippen LogP contribution in [0.3, 0.4) is 0 Å². The van der Waals surface area contributed by atoms with Gasteiger partial charge in [0.2, 0.25) is 0 Å². The lowest BCUT2D eigenvalue weighted by atomic mass is 10.0. The third-order valence-electron chi connectivity index (χ3n) is 6.55. The Morgan fingerprint density at radius 1 is 0.829 bits per heavy atom. The number of amides is 2. The van der Waals surface area contributed by atoms with Crippen molar-refractivity contribution in [1.82, 2.24) is 20.3 Å². The summed E-state index contributed by atoms with van der Waals surface area (Å²) in [6, 6.07) is 18.3. The molecule has 0 atom stereocenters. The predicted molar refractivity (Wildman–Crippen MR) is 139 cm³/mol. The highest BCUT2D eigenvalue weighted by Gasteiger charge is 2.23. The van der Waals surface area contributed by atoms with E-state index >= 15 is 0 Å². The van der Waals surface area contributed by atoms with Crippen molar-refractivity contribution in [2.75, 3.05) is 41.3 Å². The zero-order chi connectivity index (χ0) is 23.6. The van der Waals surface area contributed by atoms with E-state index in [4.69, 9.17) is 4.98 Å². The quantitative estimate of drug-likeness (QED) is 0.457. The summed E-state index contributed by atoms with van der Waals surface area (Å²) < 4.78 is 0. The van der Waals surface area contributed by atoms with Crippen molar-refractivity contribution >= 4 is 34.3 Å². The lowest BCUT2D eigenvalue weighted by molar-refractivity contribution is 0.251. The summed E-state index contributed by atoms with van der Waals surface area (Å²) in [6.07, 6.45) is 7.69. The minimum Gasteiger partial charge on any atom is -0.368 e. The van der Waals surface area contributed by atoms with E-state index in [1.807, 2.05) is 48.9 Å². The number of fused-ring (bicyclic) bond motifs is 1. The van der Waals surface area contributed by atoms with Crippen LogP contribution in [0.2, 0.25) is 0 Å². The van der Waals surface area contributed by atoms with Crippen molar-refractivity contribution in [3.8, 4) is 11.1 Å². The second kappa shape index (κ2) is 9.21. The van der Waals surface area contributed by atoms with Gasteiger partial charge in [0.1, 0.15) is 5.82 Å². The summed E-state index contributed by atoms with van der Waals surface area (Å²) >= 11 is 0. The second-order valence-corrected chi connectivity index (χ2v) is 9.06. The van der Waals surface area contributed by atoms with Crippen LogP contribution in [0.4, 0.5) is 22.0 Å². The Hall–Kier alpha value is -4.20. The standard InChI is InChI=1S/C27H27N7O/c35-27(31-22-6-7-22)30-21-4-1-19(2-5-21)20-3-8-24-25(17-20)32-26(18-29-24)34-15-13-33(14-16-34)23-9-11-28-12-10-23/h1-5,8-12,17-18,22H,6-7,13-16H2,(H2,30,31,35). The Bertz CT molecular complexity index is 1330. The highest BCUT2D eigenvalue weighted by atomic mass is 16.2. The summed E-state index contributed by atoms with van der Waals surface area (Å²) in [7, 11) is 0. The summed E-state index contributed by atoms with van der Waals surface area (Å²) in [6.45, 7) is 3.65. The number of aromatic nitrogens is 3. The number of urea groups is 1. The predicted octanol–water partition coefficient (Wildman–Crippen LogP) is 4.30. The third kappa shape index (κ3) is 4.87. The van der Waals surface area contributed by atoms with Crippen LogP contribution in [-0.2, 0) is 0 Å². The normalized spacial score (nSPS) is 15.8. The Kier molecular flexibility index (Phi) is 5.62. The van der Waals surface area contributed by atoms with E-state index in [0.717, 1.165) is 72.7 Å². The molecule has 6 rings (SSSR count). The molecular formula is C27H27N7O. The van der Waals surface area contributed by atoms with Crippen LogP contribution < -0.4 is 20.4 Å². The maximum atomic E-state index is 12.0. The third-order valence-corrected chi connectivity index (χ3v) is 6.55. The van der Waals surface area contributed by atoms with Crippen LogP contribution in [0.15, 0.2) is 73.2 Å². The Morgan fingerprint density at radius 2 is 1.54 bits per heavy atom. The van der Waals surface area contributed by atoms with Crippen LogP contribution >= 0.6 is 0 Å². The molecule has 8 heteroatoms. The molecule has 0 spiro atoms. The van der Waals surface area contributed by atoms with Gasteiger partial charge in [-0.3, -0.25) is 9.97 Å². The van der Waals surface area contributed by atoms with Gasteiger partial charge in [-0.05, 0) is 60.4 Å². The Labute approximate surface area is 204 Å². The number of benzene rings is 2. The molecule has 2 aromatic carbocycles. The van der Waals surface area contributed by atoms with Gasteiger partial charge in [-0.1, -0.05) is 18.2 Å². The van der Waals surface area contributed by atoms with E-state index in [-0.39, 0.29) is 6.03 Å². The first-order valence-electron chi connectivity index (χ1n) is 12.1. The first-order chi connectivity index (χ1) is 17.2. The van der Waals surface area contributed by atoms with Crippen LogP contribution in [0.25, 0.3) is 22.2 Å². The van der Waals surface area contributed by atoms with Gasteiger partial charge in [0.05, 0.1) is 17.2 Å². The van der Waals surface area contributed by atoms with Gasteiger partial charge in [-0.25, -0.2) is 9.78 Å².